The average Bonchev–Trinajstić information content (AvgIpc) is 3.48. The van der Waals surface area contributed by atoms with E-state index in [1.54, 1.807) is 0 Å². The van der Waals surface area contributed by atoms with E-state index < -0.39 is 8.32 Å². The van der Waals surface area contributed by atoms with Gasteiger partial charge in [-0.1, -0.05) is 41.5 Å². The van der Waals surface area contributed by atoms with Gasteiger partial charge in [0.25, 0.3) is 0 Å². The lowest BCUT2D eigenvalue weighted by molar-refractivity contribution is 0.122. The quantitative estimate of drug-likeness (QED) is 0.158. The zero-order valence-electron chi connectivity index (χ0n) is 19.4. The van der Waals surface area contributed by atoms with Crippen LogP contribution in [0.1, 0.15) is 60.1 Å². The number of anilines is 1. The minimum atomic E-state index is -1.79. The van der Waals surface area contributed by atoms with Crippen molar-refractivity contribution in [2.75, 3.05) is 43.6 Å². The van der Waals surface area contributed by atoms with Crippen molar-refractivity contribution in [1.29, 1.82) is 0 Å². The average molecular weight is 473 g/mol. The molecule has 0 bridgehead atoms. The van der Waals surface area contributed by atoms with Crippen LogP contribution in [-0.4, -0.2) is 56.9 Å². The maximum Gasteiger partial charge on any atom is 0.224 e. The summed E-state index contributed by atoms with van der Waals surface area (Å²) >= 11 is 7.73. The van der Waals surface area contributed by atoms with Gasteiger partial charge in [0.05, 0.1) is 19.8 Å². The zero-order chi connectivity index (χ0) is 21.9. The normalized spacial score (nSPS) is 19.2. The Labute approximate surface area is 192 Å². The van der Waals surface area contributed by atoms with E-state index in [-0.39, 0.29) is 4.75 Å². The molecule has 1 saturated heterocycles. The van der Waals surface area contributed by atoms with E-state index >= 15 is 0 Å². The molecule has 0 atom stereocenters. The summed E-state index contributed by atoms with van der Waals surface area (Å²) in [5.74, 6) is 1.99. The monoisotopic (exact) mass is 472 g/mol. The van der Waals surface area contributed by atoms with Crippen molar-refractivity contribution in [1.82, 2.24) is 9.97 Å². The second-order valence-electron chi connectivity index (χ2n) is 9.56. The molecule has 2 aliphatic rings. The van der Waals surface area contributed by atoms with Crippen LogP contribution in [0.25, 0.3) is 0 Å². The smallest absolute Gasteiger partial charge is 0.224 e. The van der Waals surface area contributed by atoms with Crippen LogP contribution in [0, 0.1) is 0 Å². The molecular formula is C22H39ClN3O2SSi+. The standard InChI is InChI=1S/C22H38ClN3O2SSi/c1-16(2)30(17(3)4,18(5)6)28-13-14-29-22(7-8-22)19-15-20(25-21(23)24-19)26-9-11-27-12-10-26/h15-18H,7-14H2,1-6H3/p+1. The molecule has 1 aromatic rings. The van der Waals surface area contributed by atoms with Crippen molar-refractivity contribution in [3.05, 3.63) is 17.0 Å². The molecule has 2 fully saturated rings. The Morgan fingerprint density at radius 2 is 1.70 bits per heavy atom. The summed E-state index contributed by atoms with van der Waals surface area (Å²) in [5.41, 5.74) is 2.98. The summed E-state index contributed by atoms with van der Waals surface area (Å²) in [4.78, 5) is 11.4. The molecule has 1 aliphatic heterocycles. The summed E-state index contributed by atoms with van der Waals surface area (Å²) in [6, 6.07) is 2.16. The van der Waals surface area contributed by atoms with Gasteiger partial charge in [0.2, 0.25) is 13.6 Å². The fraction of sp³-hybridized carbons (Fsp3) is 0.818. The first-order valence-corrected chi connectivity index (χ1v) is 15.0. The van der Waals surface area contributed by atoms with Gasteiger partial charge in [-0.15, -0.1) is 0 Å². The maximum absolute atomic E-state index is 6.77. The third kappa shape index (κ3) is 5.17. The molecule has 0 N–H and O–H groups in total. The van der Waals surface area contributed by atoms with Crippen LogP contribution in [0.3, 0.4) is 0 Å². The highest BCUT2D eigenvalue weighted by Gasteiger charge is 2.54. The molecule has 1 aliphatic carbocycles. The number of aromatic nitrogens is 2. The van der Waals surface area contributed by atoms with E-state index in [0.717, 1.165) is 50.2 Å². The van der Waals surface area contributed by atoms with Crippen molar-refractivity contribution in [3.63, 3.8) is 0 Å². The van der Waals surface area contributed by atoms with Gasteiger partial charge < -0.3 is 14.1 Å². The number of thiol groups is 1. The molecule has 0 amide bonds. The molecule has 0 unspecified atom stereocenters. The van der Waals surface area contributed by atoms with Crippen LogP contribution in [0.2, 0.25) is 21.9 Å². The first kappa shape index (κ1) is 24.3. The van der Waals surface area contributed by atoms with Gasteiger partial charge in [0, 0.05) is 32.0 Å². The number of morpholine rings is 1. The highest BCUT2D eigenvalue weighted by atomic mass is 35.5. The van der Waals surface area contributed by atoms with Gasteiger partial charge in [-0.25, -0.2) is 9.97 Å². The molecule has 3 rings (SSSR count). The number of halogens is 1. The Bertz CT molecular complexity index is 688. The van der Waals surface area contributed by atoms with Crippen LogP contribution in [0.5, 0.6) is 0 Å². The van der Waals surface area contributed by atoms with E-state index in [2.05, 4.69) is 62.5 Å². The van der Waals surface area contributed by atoms with Gasteiger partial charge in [0.1, 0.15) is 17.3 Å². The Kier molecular flexibility index (Phi) is 8.16. The van der Waals surface area contributed by atoms with Crippen molar-refractivity contribution >= 4 is 37.5 Å². The molecule has 170 valence electrons. The number of rotatable bonds is 10. The largest absolute Gasteiger partial charge is 0.411 e. The van der Waals surface area contributed by atoms with Crippen LogP contribution in [0.15, 0.2) is 6.07 Å². The number of hydrogen-bond acceptors (Lipinski definition) is 5. The summed E-state index contributed by atoms with van der Waals surface area (Å²) in [6.45, 7) is 18.1. The van der Waals surface area contributed by atoms with Crippen molar-refractivity contribution in [2.45, 2.75) is 75.8 Å². The second kappa shape index (κ2) is 10.1. The Balaban J connectivity index is 1.64. The molecule has 5 nitrogen and oxygen atoms in total. The van der Waals surface area contributed by atoms with Crippen LogP contribution in [0.4, 0.5) is 5.82 Å². The molecule has 1 aromatic heterocycles. The predicted molar refractivity (Wildman–Crippen MR) is 132 cm³/mol. The van der Waals surface area contributed by atoms with Crippen molar-refractivity contribution in [2.24, 2.45) is 0 Å². The first-order valence-electron chi connectivity index (χ1n) is 11.4. The van der Waals surface area contributed by atoms with E-state index in [1.807, 2.05) is 0 Å². The molecule has 0 aromatic carbocycles. The molecule has 0 spiro atoms. The summed E-state index contributed by atoms with van der Waals surface area (Å²) in [6.07, 6.45) is 2.34. The van der Waals surface area contributed by atoms with Crippen molar-refractivity contribution in [3.8, 4) is 0 Å². The Hall–Kier alpha value is -0.343. The van der Waals surface area contributed by atoms with E-state index in [0.29, 0.717) is 21.9 Å². The maximum atomic E-state index is 6.77. The summed E-state index contributed by atoms with van der Waals surface area (Å²) in [7, 11) is -1.79. The highest BCUT2D eigenvalue weighted by molar-refractivity contribution is 7.79. The number of nitrogens with zero attached hydrogens (tertiary/aromatic N) is 3. The van der Waals surface area contributed by atoms with Gasteiger partial charge >= 0.3 is 0 Å². The minimum absolute atomic E-state index is 0.134. The van der Waals surface area contributed by atoms with E-state index in [1.165, 1.54) is 24.6 Å². The lowest BCUT2D eigenvalue weighted by Crippen LogP contribution is -2.48. The van der Waals surface area contributed by atoms with Gasteiger partial charge in [-0.05, 0) is 40.0 Å². The Morgan fingerprint density at radius 3 is 2.23 bits per heavy atom. The number of hydrogen-bond donors (Lipinski definition) is 0. The predicted octanol–water partition coefficient (Wildman–Crippen LogP) is 4.96. The van der Waals surface area contributed by atoms with Crippen LogP contribution in [-0.2, 0) is 25.7 Å². The lowest BCUT2D eigenvalue weighted by atomic mass is 10.2. The fourth-order valence-electron chi connectivity index (χ4n) is 5.19. The number of ether oxygens (including phenoxy) is 1. The lowest BCUT2D eigenvalue weighted by Gasteiger charge is -2.41. The van der Waals surface area contributed by atoms with Gasteiger partial charge in [-0.3, -0.25) is 0 Å². The minimum Gasteiger partial charge on any atom is -0.411 e. The first-order chi connectivity index (χ1) is 14.2. The topological polar surface area (TPSA) is 47.5 Å². The molecule has 2 heterocycles. The zero-order valence-corrected chi connectivity index (χ0v) is 22.1. The molecule has 0 radical (unpaired) electrons. The van der Waals surface area contributed by atoms with E-state index in [9.17, 15) is 0 Å². The molecular weight excluding hydrogens is 434 g/mol. The van der Waals surface area contributed by atoms with Crippen molar-refractivity contribution < 1.29 is 9.16 Å². The van der Waals surface area contributed by atoms with E-state index in [4.69, 9.17) is 20.8 Å². The summed E-state index contributed by atoms with van der Waals surface area (Å²) in [5, 5.41) is 0.359. The third-order valence-corrected chi connectivity index (χ3v) is 14.8. The summed E-state index contributed by atoms with van der Waals surface area (Å²) < 4.78 is 12.4. The Morgan fingerprint density at radius 1 is 1.10 bits per heavy atom. The third-order valence-electron chi connectivity index (χ3n) is 6.79. The second-order valence-corrected chi connectivity index (χ2v) is 17.0. The molecule has 8 heteroatoms. The van der Waals surface area contributed by atoms with Crippen LogP contribution >= 0.6 is 11.6 Å². The fourth-order valence-corrected chi connectivity index (χ4v) is 12.3. The SMILES string of the molecule is CC(C)[Si](OCC[SH+]C1(c2cc(N3CCOCC3)nc(Cl)n2)CC1)(C(C)C)C(C)C. The van der Waals surface area contributed by atoms with Gasteiger partial charge in [-0.2, -0.15) is 0 Å². The van der Waals surface area contributed by atoms with Crippen LogP contribution < -0.4 is 4.90 Å². The molecule has 30 heavy (non-hydrogen) atoms. The highest BCUT2D eigenvalue weighted by Crippen LogP contribution is 2.50. The molecule has 1 saturated carbocycles. The van der Waals surface area contributed by atoms with Gasteiger partial charge in [0.15, 0.2) is 4.75 Å².